The normalized spacial score (nSPS) is 21.9. The van der Waals surface area contributed by atoms with Crippen molar-refractivity contribution >= 4 is 35.0 Å². The lowest BCUT2D eigenvalue weighted by atomic mass is 9.86. The Hall–Kier alpha value is -2.40. The zero-order valence-corrected chi connectivity index (χ0v) is 18.7. The van der Waals surface area contributed by atoms with Gasteiger partial charge in [-0.3, -0.25) is 9.78 Å². The van der Waals surface area contributed by atoms with E-state index in [-0.39, 0.29) is 46.7 Å². The number of aromatic nitrogens is 1. The van der Waals surface area contributed by atoms with Gasteiger partial charge in [0.05, 0.1) is 36.7 Å². The van der Waals surface area contributed by atoms with Crippen LogP contribution in [0.2, 0.25) is 5.02 Å². The first-order valence-electron chi connectivity index (χ1n) is 9.68. The molecule has 0 spiro atoms. The van der Waals surface area contributed by atoms with Gasteiger partial charge in [0, 0.05) is 22.3 Å². The standard InChI is InChI=1S/C21H17ClF5N3O2S/c1-33-9-18(31)30-10-19(24,11-30)17-3-2-12(8-28-17)16-7-20(32-29-16,21(25,26)27)13-4-14(22)6-15(23)5-13/h2-6,8H,7,9-11H2,1H3. The van der Waals surface area contributed by atoms with Crippen molar-refractivity contribution in [1.82, 2.24) is 9.88 Å². The van der Waals surface area contributed by atoms with Crippen LogP contribution in [0.25, 0.3) is 0 Å². The summed E-state index contributed by atoms with van der Waals surface area (Å²) in [5, 5.41) is 3.37. The van der Waals surface area contributed by atoms with E-state index in [1.807, 2.05) is 0 Å². The molecule has 12 heteroatoms. The number of halogens is 6. The highest BCUT2D eigenvalue weighted by atomic mass is 35.5. The van der Waals surface area contributed by atoms with Gasteiger partial charge in [-0.25, -0.2) is 8.78 Å². The van der Waals surface area contributed by atoms with Crippen LogP contribution >= 0.6 is 23.4 Å². The predicted octanol–water partition coefficient (Wildman–Crippen LogP) is 4.83. The first kappa shape index (κ1) is 23.7. The Morgan fingerprint density at radius 1 is 1.27 bits per heavy atom. The van der Waals surface area contributed by atoms with E-state index in [1.165, 1.54) is 35.0 Å². The molecule has 2 aromatic rings. The number of amides is 1. The summed E-state index contributed by atoms with van der Waals surface area (Å²) in [7, 11) is 0. The minimum atomic E-state index is -4.93. The van der Waals surface area contributed by atoms with E-state index in [9.17, 15) is 22.4 Å². The van der Waals surface area contributed by atoms with Crippen LogP contribution in [0.3, 0.4) is 0 Å². The molecule has 1 unspecified atom stereocenters. The van der Waals surface area contributed by atoms with Crippen LogP contribution in [0.15, 0.2) is 41.7 Å². The Morgan fingerprint density at radius 2 is 2.00 bits per heavy atom. The van der Waals surface area contributed by atoms with Crippen molar-refractivity contribution < 1.29 is 31.6 Å². The fourth-order valence-electron chi connectivity index (χ4n) is 3.79. The summed E-state index contributed by atoms with van der Waals surface area (Å²) in [6.07, 6.45) is -2.69. The highest BCUT2D eigenvalue weighted by Crippen LogP contribution is 2.49. The number of benzene rings is 1. The molecule has 2 aliphatic heterocycles. The van der Waals surface area contributed by atoms with Crippen LogP contribution in [0.4, 0.5) is 22.0 Å². The molecule has 5 nitrogen and oxygen atoms in total. The largest absolute Gasteiger partial charge is 0.435 e. The first-order valence-corrected chi connectivity index (χ1v) is 11.5. The van der Waals surface area contributed by atoms with Crippen molar-refractivity contribution in [2.75, 3.05) is 25.1 Å². The number of hydrogen-bond acceptors (Lipinski definition) is 5. The third-order valence-electron chi connectivity index (χ3n) is 5.57. The Balaban J connectivity index is 1.53. The third-order valence-corrected chi connectivity index (χ3v) is 6.33. The highest BCUT2D eigenvalue weighted by Gasteiger charge is 2.62. The second-order valence-corrected chi connectivity index (χ2v) is 9.17. The maximum Gasteiger partial charge on any atom is 0.435 e. The zero-order valence-electron chi connectivity index (χ0n) is 17.1. The number of pyridine rings is 1. The number of carbonyl (C=O) groups is 1. The van der Waals surface area contributed by atoms with Crippen molar-refractivity contribution in [2.45, 2.75) is 23.9 Å². The number of likely N-dealkylation sites (tertiary alicyclic amines) is 1. The van der Waals surface area contributed by atoms with Gasteiger partial charge in [0.1, 0.15) is 5.82 Å². The predicted molar refractivity (Wildman–Crippen MR) is 113 cm³/mol. The maximum atomic E-state index is 15.1. The van der Waals surface area contributed by atoms with Crippen LogP contribution in [0.5, 0.6) is 0 Å². The summed E-state index contributed by atoms with van der Waals surface area (Å²) in [6, 6.07) is 5.31. The van der Waals surface area contributed by atoms with Gasteiger partial charge in [0.25, 0.3) is 5.60 Å². The average Bonchev–Trinajstić information content (AvgIpc) is 3.18. The van der Waals surface area contributed by atoms with Gasteiger partial charge in [-0.05, 0) is 36.6 Å². The average molecular weight is 506 g/mol. The Kier molecular flexibility index (Phi) is 6.06. The van der Waals surface area contributed by atoms with Gasteiger partial charge < -0.3 is 9.74 Å². The van der Waals surface area contributed by atoms with Gasteiger partial charge in [-0.2, -0.15) is 24.9 Å². The maximum absolute atomic E-state index is 15.1. The summed E-state index contributed by atoms with van der Waals surface area (Å²) in [5.74, 6) is -0.867. The van der Waals surface area contributed by atoms with E-state index in [0.717, 1.165) is 12.1 Å². The molecule has 1 aromatic carbocycles. The molecule has 1 fully saturated rings. The molecule has 0 N–H and O–H groups in total. The van der Waals surface area contributed by atoms with Crippen LogP contribution in [-0.4, -0.2) is 52.8 Å². The second kappa shape index (κ2) is 8.43. The topological polar surface area (TPSA) is 54.8 Å². The Labute approximate surface area is 194 Å². The van der Waals surface area contributed by atoms with E-state index in [1.54, 1.807) is 6.26 Å². The number of thioether (sulfide) groups is 1. The molecule has 0 radical (unpaired) electrons. The minimum Gasteiger partial charge on any atom is -0.374 e. The van der Waals surface area contributed by atoms with Gasteiger partial charge >= 0.3 is 6.18 Å². The van der Waals surface area contributed by atoms with Crippen LogP contribution in [-0.2, 0) is 20.9 Å². The third kappa shape index (κ3) is 4.28. The first-order chi connectivity index (χ1) is 15.5. The fraction of sp³-hybridized carbons (Fsp3) is 0.381. The van der Waals surface area contributed by atoms with Crippen molar-refractivity contribution in [2.24, 2.45) is 5.16 Å². The Bertz CT molecular complexity index is 1090. The Morgan fingerprint density at radius 3 is 2.58 bits per heavy atom. The smallest absolute Gasteiger partial charge is 0.374 e. The lowest BCUT2D eigenvalue weighted by Gasteiger charge is -2.43. The SMILES string of the molecule is CSCC(=O)N1CC(F)(c2ccc(C3=NOC(c4cc(F)cc(Cl)c4)(C(F)(F)F)C3)cn2)C1. The number of oxime groups is 1. The number of nitrogens with zero attached hydrogens (tertiary/aromatic N) is 3. The molecule has 176 valence electrons. The van der Waals surface area contributed by atoms with Crippen LogP contribution in [0.1, 0.15) is 23.2 Å². The quantitative estimate of drug-likeness (QED) is 0.546. The molecule has 0 bridgehead atoms. The molecule has 1 aromatic heterocycles. The van der Waals surface area contributed by atoms with Gasteiger partial charge in [0.2, 0.25) is 5.91 Å². The highest BCUT2D eigenvalue weighted by molar-refractivity contribution is 7.99. The molecule has 0 saturated carbocycles. The van der Waals surface area contributed by atoms with Crippen LogP contribution in [0, 0.1) is 5.82 Å². The number of hydrogen-bond donors (Lipinski definition) is 0. The number of alkyl halides is 4. The van der Waals surface area contributed by atoms with Gasteiger partial charge in [0.15, 0.2) is 5.67 Å². The lowest BCUT2D eigenvalue weighted by molar-refractivity contribution is -0.275. The molecule has 1 amide bonds. The van der Waals surface area contributed by atoms with Crippen LogP contribution < -0.4 is 0 Å². The summed E-state index contributed by atoms with van der Waals surface area (Å²) in [5.41, 5.74) is -5.07. The molecule has 2 aliphatic rings. The lowest BCUT2D eigenvalue weighted by Crippen LogP contribution is -2.59. The van der Waals surface area contributed by atoms with E-state index < -0.39 is 35.2 Å². The minimum absolute atomic E-state index is 0.0676. The zero-order chi connectivity index (χ0) is 24.0. The monoisotopic (exact) mass is 505 g/mol. The van der Waals surface area contributed by atoms with E-state index in [4.69, 9.17) is 16.4 Å². The molecular weight excluding hydrogens is 489 g/mol. The number of carbonyl (C=O) groups excluding carboxylic acids is 1. The summed E-state index contributed by atoms with van der Waals surface area (Å²) in [6.45, 7) is -0.277. The molecule has 33 heavy (non-hydrogen) atoms. The summed E-state index contributed by atoms with van der Waals surface area (Å²) >= 11 is 7.09. The van der Waals surface area contributed by atoms with E-state index >= 15 is 4.39 Å². The molecule has 4 rings (SSSR count). The van der Waals surface area contributed by atoms with E-state index in [0.29, 0.717) is 6.07 Å². The molecular formula is C21H17ClF5N3O2S. The molecule has 1 atom stereocenters. The summed E-state index contributed by atoms with van der Waals surface area (Å²) in [4.78, 5) is 22.1. The molecule has 0 aliphatic carbocycles. The van der Waals surface area contributed by atoms with Crippen molar-refractivity contribution in [3.05, 3.63) is 64.2 Å². The fourth-order valence-corrected chi connectivity index (χ4v) is 4.44. The number of rotatable bonds is 5. The van der Waals surface area contributed by atoms with Gasteiger partial charge in [-0.15, -0.1) is 0 Å². The van der Waals surface area contributed by atoms with Crippen molar-refractivity contribution in [1.29, 1.82) is 0 Å². The van der Waals surface area contributed by atoms with Gasteiger partial charge in [-0.1, -0.05) is 16.8 Å². The van der Waals surface area contributed by atoms with E-state index in [2.05, 4.69) is 10.1 Å². The van der Waals surface area contributed by atoms with Crippen molar-refractivity contribution in [3.63, 3.8) is 0 Å². The van der Waals surface area contributed by atoms with Crippen molar-refractivity contribution in [3.8, 4) is 0 Å². The summed E-state index contributed by atoms with van der Waals surface area (Å²) < 4.78 is 70.9. The molecule has 1 saturated heterocycles. The second-order valence-electron chi connectivity index (χ2n) is 7.87. The molecule has 3 heterocycles.